The molecule has 182 valence electrons. The molecule has 3 atom stereocenters. The molecule has 2 saturated carbocycles. The number of aliphatic hydroxyl groups is 1. The Balaban J connectivity index is 1.65. The van der Waals surface area contributed by atoms with Crippen molar-refractivity contribution >= 4 is 10.0 Å². The maximum atomic E-state index is 13.6. The van der Waals surface area contributed by atoms with Gasteiger partial charge in [-0.15, -0.1) is 0 Å². The summed E-state index contributed by atoms with van der Waals surface area (Å²) < 4.78 is 35.0. The molecule has 7 heteroatoms. The Morgan fingerprint density at radius 1 is 1.21 bits per heavy atom. The first-order valence-corrected chi connectivity index (χ1v) is 13.9. The molecule has 2 fully saturated rings. The maximum absolute atomic E-state index is 13.6. The van der Waals surface area contributed by atoms with E-state index in [4.69, 9.17) is 4.74 Å². The standard InChI is InChI=1S/C26H38N2O4S/c1-19-15-28(20(2)18-29)33(30,31)26-13-12-22(11-10-21-8-9-21)14-24(26)32-25(19)17-27(3)16-23-6-4-5-7-23/h12-14,19-21,23,25,29H,4-9,15-18H2,1-3H3/t19-,20+,25+/m1/s1. The molecule has 1 N–H and O–H groups in total. The topological polar surface area (TPSA) is 70.1 Å². The van der Waals surface area contributed by atoms with E-state index in [1.54, 1.807) is 25.1 Å². The molecular formula is C26H38N2O4S. The van der Waals surface area contributed by atoms with Gasteiger partial charge in [-0.3, -0.25) is 0 Å². The first kappa shape index (κ1) is 24.5. The van der Waals surface area contributed by atoms with E-state index in [-0.39, 0.29) is 23.5 Å². The number of nitrogens with zero attached hydrogens (tertiary/aromatic N) is 2. The van der Waals surface area contributed by atoms with Gasteiger partial charge < -0.3 is 14.7 Å². The second kappa shape index (κ2) is 10.4. The number of hydrogen-bond donors (Lipinski definition) is 1. The molecule has 1 aromatic carbocycles. The van der Waals surface area contributed by atoms with Gasteiger partial charge in [0.1, 0.15) is 16.7 Å². The predicted molar refractivity (Wildman–Crippen MR) is 130 cm³/mol. The molecule has 0 amide bonds. The van der Waals surface area contributed by atoms with Crippen molar-refractivity contribution in [1.82, 2.24) is 9.21 Å². The average molecular weight is 475 g/mol. The lowest BCUT2D eigenvalue weighted by atomic mass is 10.0. The van der Waals surface area contributed by atoms with Crippen LogP contribution in [0.25, 0.3) is 0 Å². The first-order chi connectivity index (χ1) is 15.8. The molecule has 1 heterocycles. The summed E-state index contributed by atoms with van der Waals surface area (Å²) in [6, 6.07) is 4.66. The summed E-state index contributed by atoms with van der Waals surface area (Å²) >= 11 is 0. The molecular weight excluding hydrogens is 436 g/mol. The molecule has 0 radical (unpaired) electrons. The summed E-state index contributed by atoms with van der Waals surface area (Å²) in [6.07, 6.45) is 7.34. The van der Waals surface area contributed by atoms with Gasteiger partial charge in [-0.1, -0.05) is 31.6 Å². The number of sulfonamides is 1. The number of likely N-dealkylation sites (N-methyl/N-ethyl adjacent to an activating group) is 1. The Bertz CT molecular complexity index is 989. The number of hydrogen-bond acceptors (Lipinski definition) is 5. The van der Waals surface area contributed by atoms with Crippen LogP contribution in [-0.4, -0.2) is 68.2 Å². The van der Waals surface area contributed by atoms with Crippen LogP contribution < -0.4 is 4.74 Å². The Labute approximate surface area is 199 Å². The number of ether oxygens (including phenoxy) is 1. The molecule has 3 aliphatic rings. The fourth-order valence-corrected chi connectivity index (χ4v) is 6.78. The molecule has 0 spiro atoms. The lowest BCUT2D eigenvalue weighted by Crippen LogP contribution is -2.49. The lowest BCUT2D eigenvalue weighted by Gasteiger charge is -2.37. The van der Waals surface area contributed by atoms with Crippen LogP contribution in [0, 0.1) is 29.6 Å². The third kappa shape index (κ3) is 5.92. The van der Waals surface area contributed by atoms with Gasteiger partial charge in [0, 0.05) is 43.1 Å². The van der Waals surface area contributed by atoms with Gasteiger partial charge in [-0.2, -0.15) is 4.31 Å². The van der Waals surface area contributed by atoms with Crippen molar-refractivity contribution < 1.29 is 18.3 Å². The van der Waals surface area contributed by atoms with E-state index >= 15 is 0 Å². The zero-order chi connectivity index (χ0) is 23.6. The SMILES string of the molecule is C[C@@H]1CN([C@@H](C)CO)S(=O)(=O)c2ccc(C#CC3CC3)cc2O[C@H]1CN(C)CC1CCCC1. The van der Waals surface area contributed by atoms with Gasteiger partial charge in [0.25, 0.3) is 0 Å². The van der Waals surface area contributed by atoms with Crippen LogP contribution in [0.15, 0.2) is 23.1 Å². The summed E-state index contributed by atoms with van der Waals surface area (Å²) in [5.74, 6) is 7.99. The molecule has 0 unspecified atom stereocenters. The maximum Gasteiger partial charge on any atom is 0.247 e. The van der Waals surface area contributed by atoms with Crippen molar-refractivity contribution in [3.05, 3.63) is 23.8 Å². The Kier molecular flexibility index (Phi) is 7.69. The molecule has 2 aliphatic carbocycles. The van der Waals surface area contributed by atoms with Crippen LogP contribution >= 0.6 is 0 Å². The van der Waals surface area contributed by atoms with Crippen molar-refractivity contribution in [1.29, 1.82) is 0 Å². The highest BCUT2D eigenvalue weighted by Gasteiger charge is 2.38. The van der Waals surface area contributed by atoms with Gasteiger partial charge in [0.15, 0.2) is 0 Å². The van der Waals surface area contributed by atoms with Gasteiger partial charge >= 0.3 is 0 Å². The van der Waals surface area contributed by atoms with E-state index in [0.717, 1.165) is 37.4 Å². The third-order valence-corrected chi connectivity index (χ3v) is 9.22. The van der Waals surface area contributed by atoms with Crippen LogP contribution in [0.5, 0.6) is 5.75 Å². The van der Waals surface area contributed by atoms with Crippen molar-refractivity contribution in [2.24, 2.45) is 17.8 Å². The Morgan fingerprint density at radius 3 is 2.61 bits per heavy atom. The molecule has 0 bridgehead atoms. The minimum Gasteiger partial charge on any atom is -0.487 e. The van der Waals surface area contributed by atoms with Gasteiger partial charge in [-0.05, 0) is 63.8 Å². The number of aliphatic hydroxyl groups excluding tert-OH is 1. The van der Waals surface area contributed by atoms with Crippen molar-refractivity contribution in [2.75, 3.05) is 33.3 Å². The summed E-state index contributed by atoms with van der Waals surface area (Å²) in [4.78, 5) is 2.50. The van der Waals surface area contributed by atoms with Crippen molar-refractivity contribution in [3.8, 4) is 17.6 Å². The van der Waals surface area contributed by atoms with E-state index in [0.29, 0.717) is 18.2 Å². The highest BCUT2D eigenvalue weighted by Crippen LogP contribution is 2.35. The highest BCUT2D eigenvalue weighted by molar-refractivity contribution is 7.89. The van der Waals surface area contributed by atoms with Crippen LogP contribution in [0.1, 0.15) is 57.9 Å². The van der Waals surface area contributed by atoms with Crippen LogP contribution in [0.3, 0.4) is 0 Å². The molecule has 0 aromatic heterocycles. The number of rotatable bonds is 6. The van der Waals surface area contributed by atoms with E-state index in [9.17, 15) is 13.5 Å². The van der Waals surface area contributed by atoms with Gasteiger partial charge in [-0.25, -0.2) is 8.42 Å². The van der Waals surface area contributed by atoms with E-state index in [1.807, 2.05) is 6.92 Å². The third-order valence-electron chi connectivity index (χ3n) is 7.20. The fraction of sp³-hybridized carbons (Fsp3) is 0.692. The summed E-state index contributed by atoms with van der Waals surface area (Å²) in [7, 11) is -1.67. The summed E-state index contributed by atoms with van der Waals surface area (Å²) in [6.45, 7) is 5.66. The normalized spacial score (nSPS) is 26.6. The largest absolute Gasteiger partial charge is 0.487 e. The monoisotopic (exact) mass is 474 g/mol. The van der Waals surface area contributed by atoms with E-state index in [1.165, 1.54) is 30.0 Å². The average Bonchev–Trinajstić information content (AvgIpc) is 3.48. The molecule has 1 aromatic rings. The van der Waals surface area contributed by atoms with Crippen molar-refractivity contribution in [3.63, 3.8) is 0 Å². The Morgan fingerprint density at radius 2 is 1.94 bits per heavy atom. The highest BCUT2D eigenvalue weighted by atomic mass is 32.2. The molecule has 0 saturated heterocycles. The predicted octanol–water partition coefficient (Wildman–Crippen LogP) is 3.34. The fourth-order valence-electron chi connectivity index (χ4n) is 4.95. The van der Waals surface area contributed by atoms with Crippen LogP contribution in [0.4, 0.5) is 0 Å². The minimum absolute atomic E-state index is 0.0332. The number of fused-ring (bicyclic) bond motifs is 1. The lowest BCUT2D eigenvalue weighted by molar-refractivity contribution is 0.0712. The second-order valence-electron chi connectivity index (χ2n) is 10.3. The van der Waals surface area contributed by atoms with E-state index < -0.39 is 16.1 Å². The molecule has 6 nitrogen and oxygen atoms in total. The van der Waals surface area contributed by atoms with Gasteiger partial charge in [0.2, 0.25) is 10.0 Å². The smallest absolute Gasteiger partial charge is 0.247 e. The molecule has 33 heavy (non-hydrogen) atoms. The summed E-state index contributed by atoms with van der Waals surface area (Å²) in [5.41, 5.74) is 0.781. The number of benzene rings is 1. The molecule has 4 rings (SSSR count). The quantitative estimate of drug-likeness (QED) is 0.641. The Hall–Kier alpha value is -1.59. The van der Waals surface area contributed by atoms with E-state index in [2.05, 4.69) is 23.8 Å². The van der Waals surface area contributed by atoms with Crippen LogP contribution in [-0.2, 0) is 10.0 Å². The summed E-state index contributed by atoms with van der Waals surface area (Å²) in [5, 5.41) is 9.79. The molecule has 1 aliphatic heterocycles. The zero-order valence-electron chi connectivity index (χ0n) is 20.2. The minimum atomic E-state index is -3.81. The van der Waals surface area contributed by atoms with Gasteiger partial charge in [0.05, 0.1) is 6.61 Å². The van der Waals surface area contributed by atoms with Crippen LogP contribution in [0.2, 0.25) is 0 Å². The first-order valence-electron chi connectivity index (χ1n) is 12.4. The zero-order valence-corrected chi connectivity index (χ0v) is 21.0. The van der Waals surface area contributed by atoms with Crippen molar-refractivity contribution in [2.45, 2.75) is 69.4 Å². The second-order valence-corrected chi connectivity index (χ2v) is 12.2.